The van der Waals surface area contributed by atoms with Crippen LogP contribution < -0.4 is 5.32 Å². The van der Waals surface area contributed by atoms with Gasteiger partial charge in [0.1, 0.15) is 0 Å². The molecule has 0 rings (SSSR count). The summed E-state index contributed by atoms with van der Waals surface area (Å²) in [5, 5.41) is 12.7. The zero-order valence-electron chi connectivity index (χ0n) is 8.69. The smallest absolute Gasteiger partial charge is 0.0613 e. The molecule has 0 saturated carbocycles. The van der Waals surface area contributed by atoms with Gasteiger partial charge in [-0.25, -0.2) is 0 Å². The number of hydrogen-bond acceptors (Lipinski definition) is 2. The van der Waals surface area contributed by atoms with Crippen LogP contribution in [0.5, 0.6) is 0 Å². The molecule has 0 aromatic heterocycles. The maximum absolute atomic E-state index is 9.27. The van der Waals surface area contributed by atoms with Crippen LogP contribution in [0.3, 0.4) is 0 Å². The summed E-state index contributed by atoms with van der Waals surface area (Å²) in [7, 11) is 0. The number of nitrogens with one attached hydrogen (secondary N) is 1. The fourth-order valence-electron chi connectivity index (χ4n) is 1.51. The summed E-state index contributed by atoms with van der Waals surface area (Å²) in [6, 6.07) is 0. The van der Waals surface area contributed by atoms with Crippen LogP contribution in [0, 0.1) is 0 Å². The summed E-state index contributed by atoms with van der Waals surface area (Å²) in [5.74, 6) is 0. The van der Waals surface area contributed by atoms with Gasteiger partial charge < -0.3 is 10.4 Å². The van der Waals surface area contributed by atoms with Crippen LogP contribution in [-0.4, -0.2) is 23.8 Å². The second-order valence-electron chi connectivity index (χ2n) is 3.47. The van der Waals surface area contributed by atoms with Crippen molar-refractivity contribution < 1.29 is 5.11 Å². The molecule has 0 spiro atoms. The Hall–Kier alpha value is -0.0800. The summed E-state index contributed by atoms with van der Waals surface area (Å²) >= 11 is 0. The number of rotatable bonds is 7. The molecule has 1 unspecified atom stereocenters. The SMILES string of the molecule is CCCNC(CC)(CO)CCC. The first-order valence-corrected chi connectivity index (χ1v) is 5.10. The molecule has 2 heteroatoms. The third-order valence-corrected chi connectivity index (χ3v) is 2.46. The molecule has 0 amide bonds. The molecule has 2 N–H and O–H groups in total. The lowest BCUT2D eigenvalue weighted by Crippen LogP contribution is -2.48. The van der Waals surface area contributed by atoms with Crippen LogP contribution in [0.2, 0.25) is 0 Å². The highest BCUT2D eigenvalue weighted by atomic mass is 16.3. The first-order valence-electron chi connectivity index (χ1n) is 5.10. The quantitative estimate of drug-likeness (QED) is 0.616. The summed E-state index contributed by atoms with van der Waals surface area (Å²) in [6.07, 6.45) is 4.34. The molecular weight excluding hydrogens is 150 g/mol. The van der Waals surface area contributed by atoms with Gasteiger partial charge >= 0.3 is 0 Å². The Bertz CT molecular complexity index is 100. The molecule has 0 aromatic carbocycles. The van der Waals surface area contributed by atoms with Crippen LogP contribution in [-0.2, 0) is 0 Å². The fraction of sp³-hybridized carbons (Fsp3) is 1.00. The van der Waals surface area contributed by atoms with E-state index in [2.05, 4.69) is 26.1 Å². The lowest BCUT2D eigenvalue weighted by atomic mass is 9.91. The second kappa shape index (κ2) is 6.44. The molecule has 2 nitrogen and oxygen atoms in total. The average molecular weight is 173 g/mol. The van der Waals surface area contributed by atoms with Gasteiger partial charge in [0.2, 0.25) is 0 Å². The van der Waals surface area contributed by atoms with E-state index in [0.29, 0.717) is 0 Å². The van der Waals surface area contributed by atoms with E-state index in [1.807, 2.05) is 0 Å². The van der Waals surface area contributed by atoms with Crippen molar-refractivity contribution in [1.29, 1.82) is 0 Å². The molecule has 1 atom stereocenters. The van der Waals surface area contributed by atoms with Crippen LogP contribution in [0.1, 0.15) is 46.5 Å². The fourth-order valence-corrected chi connectivity index (χ4v) is 1.51. The molecule has 0 bridgehead atoms. The van der Waals surface area contributed by atoms with Crippen molar-refractivity contribution in [2.45, 2.75) is 52.0 Å². The minimum absolute atomic E-state index is 0.00917. The van der Waals surface area contributed by atoms with E-state index >= 15 is 0 Å². The van der Waals surface area contributed by atoms with E-state index in [1.54, 1.807) is 0 Å². The standard InChI is InChI=1S/C10H23NO/c1-4-7-10(6-3,9-12)11-8-5-2/h11-12H,4-9H2,1-3H3. The Morgan fingerprint density at radius 3 is 2.17 bits per heavy atom. The minimum Gasteiger partial charge on any atom is -0.394 e. The number of aliphatic hydroxyl groups is 1. The van der Waals surface area contributed by atoms with Crippen molar-refractivity contribution in [1.82, 2.24) is 5.32 Å². The van der Waals surface area contributed by atoms with Crippen molar-refractivity contribution in [3.05, 3.63) is 0 Å². The lowest BCUT2D eigenvalue weighted by Gasteiger charge is -2.31. The van der Waals surface area contributed by atoms with Gasteiger partial charge in [0, 0.05) is 5.54 Å². The summed E-state index contributed by atoms with van der Waals surface area (Å²) in [6.45, 7) is 7.71. The third kappa shape index (κ3) is 3.55. The van der Waals surface area contributed by atoms with Gasteiger partial charge in [-0.1, -0.05) is 27.2 Å². The van der Waals surface area contributed by atoms with Gasteiger partial charge in [-0.15, -0.1) is 0 Å². The van der Waals surface area contributed by atoms with E-state index in [4.69, 9.17) is 0 Å². The van der Waals surface area contributed by atoms with E-state index in [-0.39, 0.29) is 12.1 Å². The Morgan fingerprint density at radius 1 is 1.17 bits per heavy atom. The summed E-state index contributed by atoms with van der Waals surface area (Å²) < 4.78 is 0. The Morgan fingerprint density at radius 2 is 1.83 bits per heavy atom. The van der Waals surface area contributed by atoms with Crippen molar-refractivity contribution in [3.8, 4) is 0 Å². The first-order chi connectivity index (χ1) is 5.74. The number of aliphatic hydroxyl groups excluding tert-OH is 1. The molecule has 12 heavy (non-hydrogen) atoms. The maximum atomic E-state index is 9.27. The topological polar surface area (TPSA) is 32.3 Å². The van der Waals surface area contributed by atoms with Gasteiger partial charge in [-0.05, 0) is 25.8 Å². The molecule has 0 aliphatic rings. The third-order valence-electron chi connectivity index (χ3n) is 2.46. The molecule has 74 valence electrons. The van der Waals surface area contributed by atoms with Crippen LogP contribution in [0.4, 0.5) is 0 Å². The molecule has 0 radical (unpaired) electrons. The second-order valence-corrected chi connectivity index (χ2v) is 3.47. The zero-order valence-corrected chi connectivity index (χ0v) is 8.69. The zero-order chi connectivity index (χ0) is 9.45. The van der Waals surface area contributed by atoms with Gasteiger partial charge in [0.15, 0.2) is 0 Å². The molecule has 0 aliphatic carbocycles. The van der Waals surface area contributed by atoms with Crippen molar-refractivity contribution >= 4 is 0 Å². The largest absolute Gasteiger partial charge is 0.394 e. The molecule has 0 fully saturated rings. The van der Waals surface area contributed by atoms with Gasteiger partial charge in [-0.3, -0.25) is 0 Å². The molecule has 0 saturated heterocycles. The minimum atomic E-state index is -0.00917. The average Bonchev–Trinajstić information content (AvgIpc) is 2.13. The van der Waals surface area contributed by atoms with Gasteiger partial charge in [0.05, 0.1) is 6.61 Å². The first kappa shape index (κ1) is 11.9. The Balaban J connectivity index is 3.95. The highest BCUT2D eigenvalue weighted by molar-refractivity contribution is 4.85. The maximum Gasteiger partial charge on any atom is 0.0613 e. The Kier molecular flexibility index (Phi) is 6.39. The van der Waals surface area contributed by atoms with Crippen LogP contribution >= 0.6 is 0 Å². The Labute approximate surface area is 76.4 Å². The van der Waals surface area contributed by atoms with E-state index in [0.717, 1.165) is 32.2 Å². The van der Waals surface area contributed by atoms with E-state index < -0.39 is 0 Å². The van der Waals surface area contributed by atoms with E-state index in [1.165, 1.54) is 0 Å². The normalized spacial score (nSPS) is 16.0. The van der Waals surface area contributed by atoms with Crippen molar-refractivity contribution in [3.63, 3.8) is 0 Å². The summed E-state index contributed by atoms with van der Waals surface area (Å²) in [4.78, 5) is 0. The lowest BCUT2D eigenvalue weighted by molar-refractivity contribution is 0.146. The van der Waals surface area contributed by atoms with Crippen molar-refractivity contribution in [2.75, 3.05) is 13.2 Å². The predicted molar refractivity (Wildman–Crippen MR) is 53.3 cm³/mol. The predicted octanol–water partition coefficient (Wildman–Crippen LogP) is 1.93. The number of hydrogen-bond donors (Lipinski definition) is 2. The molecule has 0 aliphatic heterocycles. The van der Waals surface area contributed by atoms with E-state index in [9.17, 15) is 5.11 Å². The van der Waals surface area contributed by atoms with Crippen LogP contribution in [0.25, 0.3) is 0 Å². The molecule has 0 aromatic rings. The van der Waals surface area contributed by atoms with Crippen LogP contribution in [0.15, 0.2) is 0 Å². The highest BCUT2D eigenvalue weighted by Gasteiger charge is 2.24. The highest BCUT2D eigenvalue weighted by Crippen LogP contribution is 2.16. The molecule has 0 heterocycles. The molecular formula is C10H23NO. The van der Waals surface area contributed by atoms with Gasteiger partial charge in [0.25, 0.3) is 0 Å². The monoisotopic (exact) mass is 173 g/mol. The summed E-state index contributed by atoms with van der Waals surface area (Å²) in [5.41, 5.74) is -0.00917. The van der Waals surface area contributed by atoms with Gasteiger partial charge in [-0.2, -0.15) is 0 Å². The van der Waals surface area contributed by atoms with Crippen molar-refractivity contribution in [2.24, 2.45) is 0 Å².